The molecule has 132 valence electrons. The number of aromatic nitrogens is 1. The highest BCUT2D eigenvalue weighted by Gasteiger charge is 2.36. The minimum atomic E-state index is 0.0866. The van der Waals surface area contributed by atoms with E-state index in [2.05, 4.69) is 10.3 Å². The Labute approximate surface area is 152 Å². The molecule has 6 heteroatoms. The summed E-state index contributed by atoms with van der Waals surface area (Å²) < 4.78 is 5.19. The van der Waals surface area contributed by atoms with Crippen LogP contribution in [0, 0.1) is 0 Å². The van der Waals surface area contributed by atoms with Crippen molar-refractivity contribution in [1.29, 1.82) is 0 Å². The molecule has 25 heavy (non-hydrogen) atoms. The maximum absolute atomic E-state index is 12.9. The summed E-state index contributed by atoms with van der Waals surface area (Å²) in [5, 5.41) is 4.50. The first-order valence-corrected chi connectivity index (χ1v) is 9.59. The summed E-state index contributed by atoms with van der Waals surface area (Å²) in [4.78, 5) is 20.0. The van der Waals surface area contributed by atoms with E-state index in [1.165, 1.54) is 24.2 Å². The van der Waals surface area contributed by atoms with Gasteiger partial charge in [-0.05, 0) is 49.9 Å². The highest BCUT2D eigenvalue weighted by atomic mass is 32.1. The summed E-state index contributed by atoms with van der Waals surface area (Å²) in [7, 11) is 3.59. The summed E-state index contributed by atoms with van der Waals surface area (Å²) in [6, 6.07) is 9.26. The van der Waals surface area contributed by atoms with Crippen LogP contribution < -0.4 is 10.1 Å². The van der Waals surface area contributed by atoms with Gasteiger partial charge in [0.25, 0.3) is 5.91 Å². The quantitative estimate of drug-likeness (QED) is 0.913. The van der Waals surface area contributed by atoms with E-state index >= 15 is 0 Å². The zero-order valence-electron chi connectivity index (χ0n) is 14.6. The average Bonchev–Trinajstić information content (AvgIpc) is 3.27. The lowest BCUT2D eigenvalue weighted by atomic mass is 9.98. The molecule has 4 rings (SSSR count). The third-order valence-electron chi connectivity index (χ3n) is 5.37. The Kier molecular flexibility index (Phi) is 4.48. The van der Waals surface area contributed by atoms with Crippen molar-refractivity contribution in [2.75, 3.05) is 14.2 Å². The van der Waals surface area contributed by atoms with Gasteiger partial charge in [0.1, 0.15) is 15.6 Å². The van der Waals surface area contributed by atoms with Crippen LogP contribution >= 0.6 is 11.3 Å². The molecule has 0 saturated carbocycles. The molecule has 2 fully saturated rings. The smallest absolute Gasteiger partial charge is 0.265 e. The molecule has 2 unspecified atom stereocenters. The third-order valence-corrected chi connectivity index (χ3v) is 6.40. The lowest BCUT2D eigenvalue weighted by Crippen LogP contribution is -2.48. The van der Waals surface area contributed by atoms with E-state index in [0.717, 1.165) is 29.2 Å². The third kappa shape index (κ3) is 3.28. The summed E-state index contributed by atoms with van der Waals surface area (Å²) in [5.74, 6) is 0.903. The van der Waals surface area contributed by atoms with Crippen molar-refractivity contribution in [3.8, 4) is 16.3 Å². The first-order valence-electron chi connectivity index (χ1n) is 8.77. The van der Waals surface area contributed by atoms with Gasteiger partial charge in [0.05, 0.1) is 13.3 Å². The molecule has 2 aromatic rings. The minimum absolute atomic E-state index is 0.0866. The summed E-state index contributed by atoms with van der Waals surface area (Å²) in [6.07, 6.45) is 6.31. The second kappa shape index (κ2) is 6.77. The SMILES string of the molecule is COc1ccc(-c2ncc(C(=O)N(C)C3CC4CCC(C3)N4)s2)cc1. The standard InChI is InChI=1S/C19H23N3O2S/c1-22(15-9-13-5-6-14(10-15)21-13)19(23)17-11-20-18(25-17)12-3-7-16(24-2)8-4-12/h3-4,7-8,11,13-15,21H,5-6,9-10H2,1-2H3. The van der Waals surface area contributed by atoms with E-state index in [0.29, 0.717) is 23.0 Å². The van der Waals surface area contributed by atoms with Crippen LogP contribution in [-0.2, 0) is 0 Å². The van der Waals surface area contributed by atoms with Crippen LogP contribution in [0.1, 0.15) is 35.4 Å². The highest BCUT2D eigenvalue weighted by Crippen LogP contribution is 2.31. The number of hydrogen-bond donors (Lipinski definition) is 1. The van der Waals surface area contributed by atoms with Crippen molar-refractivity contribution in [1.82, 2.24) is 15.2 Å². The molecule has 0 aliphatic carbocycles. The Hall–Kier alpha value is -1.92. The Morgan fingerprint density at radius 1 is 1.24 bits per heavy atom. The number of ether oxygens (including phenoxy) is 1. The van der Waals surface area contributed by atoms with Crippen molar-refractivity contribution >= 4 is 17.2 Å². The number of benzene rings is 1. The number of thiazole rings is 1. The number of methoxy groups -OCH3 is 1. The number of fused-ring (bicyclic) bond motifs is 2. The molecule has 2 aliphatic heterocycles. The summed E-state index contributed by atoms with van der Waals surface area (Å²) >= 11 is 1.46. The maximum atomic E-state index is 12.9. The number of amides is 1. The second-order valence-corrected chi connectivity index (χ2v) is 7.97. The van der Waals surface area contributed by atoms with Crippen LogP contribution in [-0.4, -0.2) is 48.1 Å². The molecule has 0 spiro atoms. The summed E-state index contributed by atoms with van der Waals surface area (Å²) in [5.41, 5.74) is 1.01. The van der Waals surface area contributed by atoms with Gasteiger partial charge in [-0.2, -0.15) is 0 Å². The molecule has 1 N–H and O–H groups in total. The fourth-order valence-electron chi connectivity index (χ4n) is 3.92. The molecular formula is C19H23N3O2S. The van der Waals surface area contributed by atoms with Crippen LogP contribution in [0.5, 0.6) is 5.75 Å². The van der Waals surface area contributed by atoms with Gasteiger partial charge >= 0.3 is 0 Å². The van der Waals surface area contributed by atoms with Gasteiger partial charge < -0.3 is 15.0 Å². The van der Waals surface area contributed by atoms with Crippen LogP contribution in [0.3, 0.4) is 0 Å². The van der Waals surface area contributed by atoms with E-state index in [4.69, 9.17) is 4.74 Å². The van der Waals surface area contributed by atoms with E-state index in [1.54, 1.807) is 13.3 Å². The summed E-state index contributed by atoms with van der Waals surface area (Å²) in [6.45, 7) is 0. The van der Waals surface area contributed by atoms with Crippen LogP contribution in [0.4, 0.5) is 0 Å². The number of piperidine rings is 1. The molecule has 2 saturated heterocycles. The predicted molar refractivity (Wildman–Crippen MR) is 99.2 cm³/mol. The Bertz CT molecular complexity index is 746. The van der Waals surface area contributed by atoms with Gasteiger partial charge in [-0.3, -0.25) is 4.79 Å². The molecule has 1 aromatic heterocycles. The Morgan fingerprint density at radius 2 is 1.92 bits per heavy atom. The van der Waals surface area contributed by atoms with Crippen molar-refractivity contribution in [3.05, 3.63) is 35.3 Å². The van der Waals surface area contributed by atoms with Crippen molar-refractivity contribution in [2.24, 2.45) is 0 Å². The van der Waals surface area contributed by atoms with E-state index in [1.807, 2.05) is 36.2 Å². The lowest BCUT2D eigenvalue weighted by Gasteiger charge is -2.35. The molecule has 1 amide bonds. The van der Waals surface area contributed by atoms with Crippen molar-refractivity contribution < 1.29 is 9.53 Å². The molecule has 2 atom stereocenters. The van der Waals surface area contributed by atoms with E-state index < -0.39 is 0 Å². The maximum Gasteiger partial charge on any atom is 0.265 e. The van der Waals surface area contributed by atoms with Crippen LogP contribution in [0.25, 0.3) is 10.6 Å². The zero-order valence-corrected chi connectivity index (χ0v) is 15.4. The first-order chi connectivity index (χ1) is 12.1. The average molecular weight is 357 g/mol. The monoisotopic (exact) mass is 357 g/mol. The lowest BCUT2D eigenvalue weighted by molar-refractivity contribution is 0.0686. The first kappa shape index (κ1) is 16.5. The van der Waals surface area contributed by atoms with Crippen molar-refractivity contribution in [2.45, 2.75) is 43.8 Å². The Balaban J connectivity index is 1.48. The number of carbonyl (C=O) groups excluding carboxylic acids is 1. The van der Waals surface area contributed by atoms with Crippen LogP contribution in [0.2, 0.25) is 0 Å². The molecule has 2 aliphatic rings. The largest absolute Gasteiger partial charge is 0.497 e. The number of nitrogens with zero attached hydrogens (tertiary/aromatic N) is 2. The Morgan fingerprint density at radius 3 is 2.56 bits per heavy atom. The van der Waals surface area contributed by atoms with Gasteiger partial charge in [-0.25, -0.2) is 4.98 Å². The number of hydrogen-bond acceptors (Lipinski definition) is 5. The molecule has 2 bridgehead atoms. The second-order valence-electron chi connectivity index (χ2n) is 6.94. The number of nitrogens with one attached hydrogen (secondary N) is 1. The van der Waals surface area contributed by atoms with Crippen LogP contribution in [0.15, 0.2) is 30.5 Å². The normalized spacial score (nSPS) is 25.0. The fraction of sp³-hybridized carbons (Fsp3) is 0.474. The molecular weight excluding hydrogens is 334 g/mol. The van der Waals surface area contributed by atoms with Gasteiger partial charge in [0.2, 0.25) is 0 Å². The highest BCUT2D eigenvalue weighted by molar-refractivity contribution is 7.16. The van der Waals surface area contributed by atoms with Gasteiger partial charge in [0, 0.05) is 30.7 Å². The molecule has 5 nitrogen and oxygen atoms in total. The fourth-order valence-corrected chi connectivity index (χ4v) is 4.83. The van der Waals surface area contributed by atoms with Crippen molar-refractivity contribution in [3.63, 3.8) is 0 Å². The van der Waals surface area contributed by atoms with E-state index in [-0.39, 0.29) is 5.91 Å². The predicted octanol–water partition coefficient (Wildman–Crippen LogP) is 3.17. The topological polar surface area (TPSA) is 54.5 Å². The zero-order chi connectivity index (χ0) is 17.4. The molecule has 1 aromatic carbocycles. The van der Waals surface area contributed by atoms with Gasteiger partial charge in [-0.1, -0.05) is 0 Å². The number of rotatable bonds is 4. The van der Waals surface area contributed by atoms with Gasteiger partial charge in [-0.15, -0.1) is 11.3 Å². The van der Waals surface area contributed by atoms with E-state index in [9.17, 15) is 4.79 Å². The minimum Gasteiger partial charge on any atom is -0.497 e. The number of carbonyl (C=O) groups is 1. The molecule has 3 heterocycles. The molecule has 0 radical (unpaired) electrons. The van der Waals surface area contributed by atoms with Gasteiger partial charge in [0.15, 0.2) is 0 Å².